The fraction of sp³-hybridized carbons (Fsp3) is 0.857. The first kappa shape index (κ1) is 12.1. The molecule has 92 valence electrons. The molecule has 0 N–H and O–H groups in total. The van der Waals surface area contributed by atoms with Crippen molar-refractivity contribution in [1.29, 1.82) is 0 Å². The molecule has 2 rings (SSSR count). The number of rotatable bonds is 0. The molecular weight excluding hydrogens is 200 g/mol. The van der Waals surface area contributed by atoms with E-state index in [1.165, 1.54) is 0 Å². The van der Waals surface area contributed by atoms with E-state index in [1.807, 2.05) is 0 Å². The van der Waals surface area contributed by atoms with Crippen molar-refractivity contribution < 1.29 is 9.47 Å². The lowest BCUT2D eigenvalue weighted by Gasteiger charge is -2.39. The van der Waals surface area contributed by atoms with Gasteiger partial charge in [-0.1, -0.05) is 26.8 Å². The van der Waals surface area contributed by atoms with Crippen molar-refractivity contribution in [1.82, 2.24) is 0 Å². The molecule has 0 saturated carbocycles. The second-order valence-electron chi connectivity index (χ2n) is 6.36. The molecule has 2 nitrogen and oxygen atoms in total. The molecule has 1 aliphatic carbocycles. The van der Waals surface area contributed by atoms with Crippen LogP contribution in [0.15, 0.2) is 12.2 Å². The molecule has 1 fully saturated rings. The normalized spacial score (nSPS) is 38.2. The number of allylic oxidation sites excluding steroid dienone is 1. The van der Waals surface area contributed by atoms with Crippen molar-refractivity contribution in [3.63, 3.8) is 0 Å². The van der Waals surface area contributed by atoms with Crippen LogP contribution in [0.4, 0.5) is 0 Å². The van der Waals surface area contributed by atoms with Crippen molar-refractivity contribution in [2.45, 2.75) is 65.5 Å². The van der Waals surface area contributed by atoms with E-state index in [0.29, 0.717) is 11.3 Å². The zero-order valence-electron chi connectivity index (χ0n) is 11.1. The largest absolute Gasteiger partial charge is 0.341 e. The lowest BCUT2D eigenvalue weighted by molar-refractivity contribution is -0.157. The molecule has 0 amide bonds. The summed E-state index contributed by atoms with van der Waals surface area (Å²) < 4.78 is 12.0. The fourth-order valence-corrected chi connectivity index (χ4v) is 2.59. The quantitative estimate of drug-likeness (QED) is 0.586. The first-order valence-corrected chi connectivity index (χ1v) is 6.36. The van der Waals surface area contributed by atoms with E-state index in [0.717, 1.165) is 12.8 Å². The Morgan fingerprint density at radius 3 is 2.19 bits per heavy atom. The first-order chi connectivity index (χ1) is 7.32. The van der Waals surface area contributed by atoms with Crippen molar-refractivity contribution >= 4 is 0 Å². The van der Waals surface area contributed by atoms with Crippen LogP contribution in [0, 0.1) is 11.3 Å². The lowest BCUT2D eigenvalue weighted by Crippen LogP contribution is -2.38. The van der Waals surface area contributed by atoms with Gasteiger partial charge in [-0.05, 0) is 37.7 Å². The van der Waals surface area contributed by atoms with Gasteiger partial charge in [0.1, 0.15) is 0 Å². The van der Waals surface area contributed by atoms with Crippen LogP contribution in [0.1, 0.15) is 47.5 Å². The van der Waals surface area contributed by atoms with Gasteiger partial charge in [-0.25, -0.2) is 0 Å². The Bertz CT molecular complexity index is 278. The summed E-state index contributed by atoms with van der Waals surface area (Å²) in [6.45, 7) is 11.1. The summed E-state index contributed by atoms with van der Waals surface area (Å²) in [7, 11) is 0. The average molecular weight is 224 g/mol. The molecular formula is C14H24O2. The third-order valence-electron chi connectivity index (χ3n) is 3.98. The summed E-state index contributed by atoms with van der Waals surface area (Å²) in [5.74, 6) is 0.199. The van der Waals surface area contributed by atoms with E-state index >= 15 is 0 Å². The van der Waals surface area contributed by atoms with Gasteiger partial charge in [-0.3, -0.25) is 0 Å². The van der Waals surface area contributed by atoms with Gasteiger partial charge in [-0.2, -0.15) is 0 Å². The molecule has 0 aromatic rings. The Hall–Kier alpha value is -0.340. The summed E-state index contributed by atoms with van der Waals surface area (Å²) in [5.41, 5.74) is 0.319. The van der Waals surface area contributed by atoms with Gasteiger partial charge in [0.25, 0.3) is 0 Å². The Kier molecular flexibility index (Phi) is 2.92. The maximum absolute atomic E-state index is 6.02. The van der Waals surface area contributed by atoms with Crippen LogP contribution in [0.3, 0.4) is 0 Å². The Balaban J connectivity index is 2.14. The highest BCUT2D eigenvalue weighted by molar-refractivity contribution is 5.07. The third kappa shape index (κ3) is 2.18. The minimum atomic E-state index is -0.435. The highest BCUT2D eigenvalue weighted by atomic mass is 16.8. The van der Waals surface area contributed by atoms with Crippen LogP contribution in [0.25, 0.3) is 0 Å². The molecule has 2 aliphatic rings. The molecule has 0 bridgehead atoms. The lowest BCUT2D eigenvalue weighted by atomic mass is 9.73. The third-order valence-corrected chi connectivity index (χ3v) is 3.98. The molecule has 1 heterocycles. The van der Waals surface area contributed by atoms with Crippen LogP contribution >= 0.6 is 0 Å². The maximum Gasteiger partial charge on any atom is 0.188 e. The highest BCUT2D eigenvalue weighted by Gasteiger charge is 2.46. The van der Waals surface area contributed by atoms with E-state index in [4.69, 9.17) is 9.47 Å². The standard InChI is InChI=1S/C14H24O2/c1-10-11(2)16-14(15-10)8-6-7-12(9-14)13(3,4)5/h6,8,10-12H,7,9H2,1-5H3/t10-,11-,12-/m0/s1. The molecule has 2 heteroatoms. The van der Waals surface area contributed by atoms with Gasteiger partial charge in [0.2, 0.25) is 0 Å². The smallest absolute Gasteiger partial charge is 0.188 e. The molecule has 0 aromatic carbocycles. The van der Waals surface area contributed by atoms with Crippen LogP contribution in [-0.2, 0) is 9.47 Å². The van der Waals surface area contributed by atoms with Gasteiger partial charge in [0, 0.05) is 6.42 Å². The summed E-state index contributed by atoms with van der Waals surface area (Å²) in [5, 5.41) is 0. The monoisotopic (exact) mass is 224 g/mol. The predicted octanol–water partition coefficient (Wildman–Crippen LogP) is 3.52. The maximum atomic E-state index is 6.02. The van der Waals surface area contributed by atoms with Crippen molar-refractivity contribution in [3.8, 4) is 0 Å². The average Bonchev–Trinajstić information content (AvgIpc) is 2.40. The fourth-order valence-electron chi connectivity index (χ4n) is 2.59. The van der Waals surface area contributed by atoms with E-state index in [9.17, 15) is 0 Å². The topological polar surface area (TPSA) is 18.5 Å². The van der Waals surface area contributed by atoms with Crippen LogP contribution < -0.4 is 0 Å². The second-order valence-corrected chi connectivity index (χ2v) is 6.36. The summed E-state index contributed by atoms with van der Waals surface area (Å²) >= 11 is 0. The minimum Gasteiger partial charge on any atom is -0.341 e. The van der Waals surface area contributed by atoms with E-state index in [-0.39, 0.29) is 12.2 Å². The Morgan fingerprint density at radius 2 is 1.69 bits per heavy atom. The zero-order valence-corrected chi connectivity index (χ0v) is 11.1. The molecule has 0 radical (unpaired) electrons. The highest BCUT2D eigenvalue weighted by Crippen LogP contribution is 2.44. The van der Waals surface area contributed by atoms with Crippen LogP contribution in [-0.4, -0.2) is 18.0 Å². The van der Waals surface area contributed by atoms with E-state index in [2.05, 4.69) is 46.8 Å². The van der Waals surface area contributed by atoms with Crippen LogP contribution in [0.2, 0.25) is 0 Å². The molecule has 0 unspecified atom stereocenters. The molecule has 1 aliphatic heterocycles. The zero-order chi connectivity index (χ0) is 12.0. The first-order valence-electron chi connectivity index (χ1n) is 6.36. The summed E-state index contributed by atoms with van der Waals surface area (Å²) in [4.78, 5) is 0. The van der Waals surface area contributed by atoms with E-state index in [1.54, 1.807) is 0 Å². The van der Waals surface area contributed by atoms with E-state index < -0.39 is 5.79 Å². The van der Waals surface area contributed by atoms with Crippen molar-refractivity contribution in [2.75, 3.05) is 0 Å². The predicted molar refractivity (Wildman–Crippen MR) is 65.1 cm³/mol. The molecule has 3 atom stereocenters. The molecule has 1 saturated heterocycles. The number of hydrogen-bond donors (Lipinski definition) is 0. The minimum absolute atomic E-state index is 0.198. The molecule has 0 aromatic heterocycles. The summed E-state index contributed by atoms with van der Waals surface area (Å²) in [6.07, 6.45) is 6.87. The molecule has 1 spiro atoms. The van der Waals surface area contributed by atoms with Gasteiger partial charge < -0.3 is 9.47 Å². The van der Waals surface area contributed by atoms with Crippen molar-refractivity contribution in [3.05, 3.63) is 12.2 Å². The SMILES string of the molecule is C[C@@H]1OC2(C=CC[C@H](C(C)(C)C)C2)O[C@H]1C. The van der Waals surface area contributed by atoms with Gasteiger partial charge in [0.15, 0.2) is 5.79 Å². The number of hydrogen-bond acceptors (Lipinski definition) is 2. The Labute approximate surface area is 99.0 Å². The van der Waals surface area contributed by atoms with Gasteiger partial charge in [-0.15, -0.1) is 0 Å². The molecule has 16 heavy (non-hydrogen) atoms. The van der Waals surface area contributed by atoms with Gasteiger partial charge in [0.05, 0.1) is 12.2 Å². The second kappa shape index (κ2) is 3.85. The van der Waals surface area contributed by atoms with Crippen molar-refractivity contribution in [2.24, 2.45) is 11.3 Å². The van der Waals surface area contributed by atoms with Crippen LogP contribution in [0.5, 0.6) is 0 Å². The Morgan fingerprint density at radius 1 is 1.12 bits per heavy atom. The summed E-state index contributed by atoms with van der Waals surface area (Å²) in [6, 6.07) is 0. The number of ether oxygens (including phenoxy) is 2. The van der Waals surface area contributed by atoms with Gasteiger partial charge >= 0.3 is 0 Å².